The van der Waals surface area contributed by atoms with Gasteiger partial charge in [0, 0.05) is 5.56 Å². The van der Waals surface area contributed by atoms with Crippen molar-refractivity contribution in [3.05, 3.63) is 46.3 Å². The van der Waals surface area contributed by atoms with Gasteiger partial charge in [0.15, 0.2) is 23.0 Å². The number of phenolic OH excluding ortho intramolecular Hbond substituents is 1. The molecule has 29 heavy (non-hydrogen) atoms. The topological polar surface area (TPSA) is 98.4 Å². The van der Waals surface area contributed by atoms with Gasteiger partial charge in [0.2, 0.25) is 12.2 Å². The smallest absolute Gasteiger partial charge is 0.231 e. The molecule has 2 N–H and O–H groups in total. The van der Waals surface area contributed by atoms with Crippen molar-refractivity contribution in [2.75, 3.05) is 13.9 Å². The molecule has 0 saturated carbocycles. The first-order valence-electron chi connectivity index (χ1n) is 9.25. The van der Waals surface area contributed by atoms with Crippen molar-refractivity contribution in [3.63, 3.8) is 0 Å². The molecule has 0 saturated heterocycles. The van der Waals surface area contributed by atoms with E-state index in [-0.39, 0.29) is 29.3 Å². The summed E-state index contributed by atoms with van der Waals surface area (Å²) in [6.45, 7) is 3.51. The highest BCUT2D eigenvalue weighted by Crippen LogP contribution is 2.39. The first-order valence-corrected chi connectivity index (χ1v) is 9.25. The van der Waals surface area contributed by atoms with E-state index in [0.29, 0.717) is 46.4 Å². The molecule has 3 aromatic rings. The van der Waals surface area contributed by atoms with Crippen LogP contribution in [-0.4, -0.2) is 29.7 Å². The second-order valence-electron chi connectivity index (χ2n) is 7.64. The molecule has 0 spiro atoms. The van der Waals surface area contributed by atoms with E-state index >= 15 is 0 Å². The maximum absolute atomic E-state index is 13.2. The fourth-order valence-corrected chi connectivity index (χ4v) is 3.39. The fraction of sp³-hybridized carbons (Fsp3) is 0.318. The third kappa shape index (κ3) is 3.49. The molecule has 0 atom stereocenters. The Morgan fingerprint density at radius 3 is 2.66 bits per heavy atom. The lowest BCUT2D eigenvalue weighted by Crippen LogP contribution is -2.19. The number of aromatic hydroxyl groups is 1. The minimum Gasteiger partial charge on any atom is -0.504 e. The van der Waals surface area contributed by atoms with E-state index in [9.17, 15) is 15.0 Å². The molecule has 1 aliphatic rings. The average Bonchev–Trinajstić information content (AvgIpc) is 3.14. The highest BCUT2D eigenvalue weighted by Gasteiger charge is 2.22. The van der Waals surface area contributed by atoms with E-state index in [1.54, 1.807) is 32.0 Å². The summed E-state index contributed by atoms with van der Waals surface area (Å²) in [4.78, 5) is 13.2. The summed E-state index contributed by atoms with van der Waals surface area (Å²) in [7, 11) is 1.42. The predicted octanol–water partition coefficient (Wildman–Crippen LogP) is 3.61. The summed E-state index contributed by atoms with van der Waals surface area (Å²) in [5.41, 5.74) is 0.506. The van der Waals surface area contributed by atoms with Crippen LogP contribution in [0.15, 0.2) is 39.7 Å². The molecule has 0 aliphatic carbocycles. The minimum atomic E-state index is -0.936. The van der Waals surface area contributed by atoms with Crippen LogP contribution in [-0.2, 0) is 6.42 Å². The lowest BCUT2D eigenvalue weighted by atomic mass is 9.96. The fourth-order valence-electron chi connectivity index (χ4n) is 3.39. The van der Waals surface area contributed by atoms with Gasteiger partial charge in [-0.15, -0.1) is 0 Å². The van der Waals surface area contributed by atoms with Crippen molar-refractivity contribution in [2.24, 2.45) is 0 Å². The molecule has 0 radical (unpaired) electrons. The van der Waals surface area contributed by atoms with E-state index in [1.165, 1.54) is 19.4 Å². The molecule has 7 nitrogen and oxygen atoms in total. The number of ether oxygens (including phenoxy) is 3. The Bertz CT molecular complexity index is 1140. The van der Waals surface area contributed by atoms with Crippen LogP contribution in [0, 0.1) is 0 Å². The Morgan fingerprint density at radius 2 is 1.93 bits per heavy atom. The average molecular weight is 398 g/mol. The molecule has 0 amide bonds. The second-order valence-corrected chi connectivity index (χ2v) is 7.64. The zero-order valence-electron chi connectivity index (χ0n) is 16.4. The SMILES string of the molecule is COc1cc2c(=O)c(-c3ccc4c(c3)OCO4)coc2c(CCC(C)(C)O)c1O. The lowest BCUT2D eigenvalue weighted by molar-refractivity contribution is 0.0713. The van der Waals surface area contributed by atoms with Gasteiger partial charge in [-0.05, 0) is 50.5 Å². The number of rotatable bonds is 5. The molecule has 7 heteroatoms. The molecule has 2 aromatic carbocycles. The molecular weight excluding hydrogens is 376 g/mol. The largest absolute Gasteiger partial charge is 0.504 e. The molecule has 1 aromatic heterocycles. The van der Waals surface area contributed by atoms with Gasteiger partial charge in [0.1, 0.15) is 11.8 Å². The Hall–Kier alpha value is -3.19. The molecule has 0 fully saturated rings. The van der Waals surface area contributed by atoms with Gasteiger partial charge in [0.25, 0.3) is 0 Å². The van der Waals surface area contributed by atoms with E-state index in [1.807, 2.05) is 0 Å². The predicted molar refractivity (Wildman–Crippen MR) is 107 cm³/mol. The molecule has 0 bridgehead atoms. The van der Waals surface area contributed by atoms with Gasteiger partial charge in [-0.1, -0.05) is 6.07 Å². The third-order valence-electron chi connectivity index (χ3n) is 4.99. The molecular formula is C22H22O7. The normalized spacial score (nSPS) is 13.1. The van der Waals surface area contributed by atoms with Crippen molar-refractivity contribution in [1.82, 2.24) is 0 Å². The summed E-state index contributed by atoms with van der Waals surface area (Å²) in [5, 5.41) is 20.9. The van der Waals surface area contributed by atoms with Gasteiger partial charge in [-0.2, -0.15) is 0 Å². The van der Waals surface area contributed by atoms with Crippen molar-refractivity contribution < 1.29 is 28.8 Å². The summed E-state index contributed by atoms with van der Waals surface area (Å²) in [5.74, 6) is 1.28. The number of fused-ring (bicyclic) bond motifs is 2. The quantitative estimate of drug-likeness (QED) is 0.677. The standard InChI is InChI=1S/C22H22O7/c1-22(2,25)7-6-13-20(24)18(26-3)9-14-19(23)15(10-27-21(13)14)12-4-5-16-17(8-12)29-11-28-16/h4-5,8-10,24-25H,6-7,11H2,1-3H3. The Balaban J connectivity index is 1.88. The molecule has 4 rings (SSSR count). The molecule has 1 aliphatic heterocycles. The number of hydrogen-bond donors (Lipinski definition) is 2. The zero-order valence-corrected chi connectivity index (χ0v) is 16.4. The number of benzene rings is 2. The van der Waals surface area contributed by atoms with Crippen LogP contribution in [0.5, 0.6) is 23.0 Å². The Labute approximate surface area is 167 Å². The van der Waals surface area contributed by atoms with Crippen LogP contribution >= 0.6 is 0 Å². The maximum Gasteiger partial charge on any atom is 0.231 e. The van der Waals surface area contributed by atoms with Gasteiger partial charge >= 0.3 is 0 Å². The number of hydrogen-bond acceptors (Lipinski definition) is 7. The third-order valence-corrected chi connectivity index (χ3v) is 4.99. The number of methoxy groups -OCH3 is 1. The van der Waals surface area contributed by atoms with Gasteiger partial charge in [-0.25, -0.2) is 0 Å². The zero-order chi connectivity index (χ0) is 20.8. The molecule has 152 valence electrons. The number of phenols is 1. The summed E-state index contributed by atoms with van der Waals surface area (Å²) in [6, 6.07) is 6.71. The van der Waals surface area contributed by atoms with Crippen LogP contribution in [0.1, 0.15) is 25.8 Å². The first-order chi connectivity index (χ1) is 13.8. The number of aryl methyl sites for hydroxylation is 1. The van der Waals surface area contributed by atoms with Crippen LogP contribution in [0.4, 0.5) is 0 Å². The second kappa shape index (κ2) is 7.00. The van der Waals surface area contributed by atoms with E-state index in [2.05, 4.69) is 0 Å². The van der Waals surface area contributed by atoms with Crippen molar-refractivity contribution in [1.29, 1.82) is 0 Å². The molecule has 2 heterocycles. The Morgan fingerprint density at radius 1 is 1.17 bits per heavy atom. The van der Waals surface area contributed by atoms with E-state index in [4.69, 9.17) is 18.6 Å². The lowest BCUT2D eigenvalue weighted by Gasteiger charge is -2.18. The van der Waals surface area contributed by atoms with Gasteiger partial charge in [-0.3, -0.25) is 4.79 Å². The minimum absolute atomic E-state index is 0.0942. The van der Waals surface area contributed by atoms with Crippen LogP contribution in [0.3, 0.4) is 0 Å². The summed E-state index contributed by atoms with van der Waals surface area (Å²) in [6.07, 6.45) is 2.06. The van der Waals surface area contributed by atoms with Crippen LogP contribution in [0.25, 0.3) is 22.1 Å². The highest BCUT2D eigenvalue weighted by molar-refractivity contribution is 5.88. The van der Waals surface area contributed by atoms with Crippen molar-refractivity contribution >= 4 is 11.0 Å². The maximum atomic E-state index is 13.2. The first kappa shape index (κ1) is 19.1. The van der Waals surface area contributed by atoms with E-state index < -0.39 is 5.60 Å². The van der Waals surface area contributed by atoms with Gasteiger partial charge in [0.05, 0.1) is 23.7 Å². The Kier molecular flexibility index (Phi) is 4.62. The van der Waals surface area contributed by atoms with Crippen molar-refractivity contribution in [2.45, 2.75) is 32.3 Å². The van der Waals surface area contributed by atoms with Crippen molar-refractivity contribution in [3.8, 4) is 34.1 Å². The number of aliphatic hydroxyl groups is 1. The molecule has 0 unspecified atom stereocenters. The van der Waals surface area contributed by atoms with Crippen LogP contribution < -0.4 is 19.6 Å². The van der Waals surface area contributed by atoms with Crippen LogP contribution in [0.2, 0.25) is 0 Å². The summed E-state index contributed by atoms with van der Waals surface area (Å²) >= 11 is 0. The van der Waals surface area contributed by atoms with Gasteiger partial charge < -0.3 is 28.8 Å². The highest BCUT2D eigenvalue weighted by atomic mass is 16.7. The van der Waals surface area contributed by atoms with E-state index in [0.717, 1.165) is 0 Å². The summed E-state index contributed by atoms with van der Waals surface area (Å²) < 4.78 is 21.8. The monoisotopic (exact) mass is 398 g/mol.